The lowest BCUT2D eigenvalue weighted by Gasteiger charge is -2.24. The third-order valence-corrected chi connectivity index (χ3v) is 4.74. The molecule has 2 aromatic carbocycles. The van der Waals surface area contributed by atoms with Gasteiger partial charge in [0.05, 0.1) is 6.61 Å². The minimum atomic E-state index is -0.942. The first-order chi connectivity index (χ1) is 17.2. The molecule has 0 bridgehead atoms. The standard InChI is InChI=1S/C26H34N4O6/c1-26(2,3)36-24(32)22(30-25(33)35-17-20-7-5-4-6-8-20)15-16-34-21-12-9-19(10-13-21)11-14-23(31)28-18-29-27/h4-10,12-13,18,22H,11,14-17,27H2,1-3H3,(H,30,33)(H,28,29,31)/t22-/m0/s1. The Labute approximate surface area is 211 Å². The maximum atomic E-state index is 12.7. The average Bonchev–Trinajstić information content (AvgIpc) is 2.84. The van der Waals surface area contributed by atoms with Crippen LogP contribution < -0.4 is 21.2 Å². The topological polar surface area (TPSA) is 141 Å². The van der Waals surface area contributed by atoms with Gasteiger partial charge in [0.15, 0.2) is 0 Å². The number of esters is 1. The van der Waals surface area contributed by atoms with Gasteiger partial charge in [-0.25, -0.2) is 9.59 Å². The van der Waals surface area contributed by atoms with E-state index in [1.807, 2.05) is 42.5 Å². The van der Waals surface area contributed by atoms with Gasteiger partial charge in [0, 0.05) is 12.8 Å². The normalized spacial score (nSPS) is 12.0. The van der Waals surface area contributed by atoms with Crippen molar-refractivity contribution < 1.29 is 28.6 Å². The molecule has 0 spiro atoms. The number of nitrogens with zero attached hydrogens (tertiary/aromatic N) is 1. The molecule has 0 aliphatic carbocycles. The Kier molecular flexibility index (Phi) is 11.2. The minimum Gasteiger partial charge on any atom is -0.494 e. The number of carbonyl (C=O) groups is 3. The van der Waals surface area contributed by atoms with Crippen molar-refractivity contribution in [1.29, 1.82) is 0 Å². The van der Waals surface area contributed by atoms with Crippen molar-refractivity contribution in [1.82, 2.24) is 10.6 Å². The van der Waals surface area contributed by atoms with E-state index < -0.39 is 23.7 Å². The van der Waals surface area contributed by atoms with Gasteiger partial charge in [0.1, 0.15) is 30.3 Å². The number of nitrogens with two attached hydrogens (primary N) is 1. The van der Waals surface area contributed by atoms with Gasteiger partial charge in [-0.15, -0.1) is 0 Å². The fourth-order valence-corrected chi connectivity index (χ4v) is 3.02. The van der Waals surface area contributed by atoms with Crippen LogP contribution in [-0.2, 0) is 32.1 Å². The first-order valence-corrected chi connectivity index (χ1v) is 11.6. The Morgan fingerprint density at radius 3 is 2.36 bits per heavy atom. The van der Waals surface area contributed by atoms with Crippen molar-refractivity contribution in [3.05, 3.63) is 65.7 Å². The number of alkyl carbamates (subject to hydrolysis) is 1. The molecule has 4 N–H and O–H groups in total. The Hall–Kier alpha value is -4.08. The predicted octanol–water partition coefficient (Wildman–Crippen LogP) is 3.04. The molecule has 0 unspecified atom stereocenters. The molecule has 194 valence electrons. The third-order valence-electron chi connectivity index (χ3n) is 4.74. The second-order valence-electron chi connectivity index (χ2n) is 8.92. The lowest BCUT2D eigenvalue weighted by atomic mass is 10.1. The van der Waals surface area contributed by atoms with Crippen LogP contribution in [0.25, 0.3) is 0 Å². The van der Waals surface area contributed by atoms with Crippen LogP contribution in [0.3, 0.4) is 0 Å². The Bertz CT molecular complexity index is 1000. The van der Waals surface area contributed by atoms with Crippen molar-refractivity contribution in [2.45, 2.75) is 58.3 Å². The van der Waals surface area contributed by atoms with Gasteiger partial charge in [0.25, 0.3) is 0 Å². The minimum absolute atomic E-state index is 0.0822. The largest absolute Gasteiger partial charge is 0.494 e. The van der Waals surface area contributed by atoms with Gasteiger partial charge in [0.2, 0.25) is 5.91 Å². The Morgan fingerprint density at radius 1 is 1.03 bits per heavy atom. The zero-order chi connectivity index (χ0) is 26.4. The van der Waals surface area contributed by atoms with Crippen LogP contribution in [0, 0.1) is 0 Å². The number of hydrogen-bond acceptors (Lipinski definition) is 8. The molecule has 10 nitrogen and oxygen atoms in total. The number of hydrazone groups is 1. The molecule has 10 heteroatoms. The summed E-state index contributed by atoms with van der Waals surface area (Å²) in [5, 5.41) is 8.24. The first kappa shape index (κ1) is 28.2. The maximum absolute atomic E-state index is 12.7. The van der Waals surface area contributed by atoms with Crippen molar-refractivity contribution >= 4 is 24.3 Å². The zero-order valence-electron chi connectivity index (χ0n) is 20.9. The van der Waals surface area contributed by atoms with Gasteiger partial charge >= 0.3 is 12.1 Å². The van der Waals surface area contributed by atoms with E-state index in [-0.39, 0.29) is 32.0 Å². The predicted molar refractivity (Wildman–Crippen MR) is 135 cm³/mol. The average molecular weight is 499 g/mol. The molecule has 2 amide bonds. The van der Waals surface area contributed by atoms with E-state index >= 15 is 0 Å². The molecule has 0 saturated heterocycles. The van der Waals surface area contributed by atoms with Gasteiger partial charge in [-0.05, 0) is 50.5 Å². The van der Waals surface area contributed by atoms with E-state index in [9.17, 15) is 14.4 Å². The number of benzene rings is 2. The number of carbonyl (C=O) groups excluding carboxylic acids is 3. The fourth-order valence-electron chi connectivity index (χ4n) is 3.02. The smallest absolute Gasteiger partial charge is 0.408 e. The number of nitrogens with one attached hydrogen (secondary N) is 2. The molecule has 0 aliphatic heterocycles. The van der Waals surface area contributed by atoms with Crippen LogP contribution in [0.2, 0.25) is 0 Å². The number of rotatable bonds is 12. The van der Waals surface area contributed by atoms with E-state index in [4.69, 9.17) is 20.1 Å². The van der Waals surface area contributed by atoms with Crippen LogP contribution in [0.15, 0.2) is 59.7 Å². The lowest BCUT2D eigenvalue weighted by Crippen LogP contribution is -2.45. The first-order valence-electron chi connectivity index (χ1n) is 11.6. The van der Waals surface area contributed by atoms with Crippen molar-refractivity contribution in [2.75, 3.05) is 6.61 Å². The summed E-state index contributed by atoms with van der Waals surface area (Å²) in [6.45, 7) is 5.50. The van der Waals surface area contributed by atoms with Gasteiger partial charge in [-0.3, -0.25) is 4.79 Å². The highest BCUT2D eigenvalue weighted by Gasteiger charge is 2.27. The summed E-state index contributed by atoms with van der Waals surface area (Å²) in [5.41, 5.74) is 1.07. The maximum Gasteiger partial charge on any atom is 0.408 e. The van der Waals surface area contributed by atoms with Crippen LogP contribution >= 0.6 is 0 Å². The van der Waals surface area contributed by atoms with Crippen molar-refractivity contribution in [3.63, 3.8) is 0 Å². The SMILES string of the molecule is CC(C)(C)OC(=O)[C@H](CCOc1ccc(CCC(=O)NC=NN)cc1)NC(=O)OCc1ccccc1. The highest BCUT2D eigenvalue weighted by Crippen LogP contribution is 2.15. The number of ether oxygens (including phenoxy) is 3. The monoisotopic (exact) mass is 498 g/mol. The fraction of sp³-hybridized carbons (Fsp3) is 0.385. The van der Waals surface area contributed by atoms with E-state index in [1.165, 1.54) is 0 Å². The summed E-state index contributed by atoms with van der Waals surface area (Å²) in [4.78, 5) is 36.6. The van der Waals surface area contributed by atoms with Gasteiger partial charge in [-0.1, -0.05) is 42.5 Å². The summed E-state index contributed by atoms with van der Waals surface area (Å²) in [6.07, 6.45) is 1.43. The summed E-state index contributed by atoms with van der Waals surface area (Å²) >= 11 is 0. The Balaban J connectivity index is 1.86. The summed E-state index contributed by atoms with van der Waals surface area (Å²) in [6, 6.07) is 15.5. The number of aryl methyl sites for hydroxylation is 1. The number of hydrogen-bond donors (Lipinski definition) is 3. The molecule has 0 saturated carbocycles. The molecule has 0 fully saturated rings. The summed E-state index contributed by atoms with van der Waals surface area (Å²) in [5.74, 6) is 4.78. The third kappa shape index (κ3) is 11.4. The highest BCUT2D eigenvalue weighted by atomic mass is 16.6. The van der Waals surface area contributed by atoms with Crippen molar-refractivity contribution in [2.24, 2.45) is 10.9 Å². The van der Waals surface area contributed by atoms with Gasteiger partial charge < -0.3 is 30.7 Å². The van der Waals surface area contributed by atoms with E-state index in [1.54, 1.807) is 32.9 Å². The highest BCUT2D eigenvalue weighted by molar-refractivity contribution is 5.87. The Morgan fingerprint density at radius 2 is 1.72 bits per heavy atom. The molecular weight excluding hydrogens is 464 g/mol. The summed E-state index contributed by atoms with van der Waals surface area (Å²) < 4.78 is 16.4. The van der Waals surface area contributed by atoms with Crippen LogP contribution in [0.1, 0.15) is 44.7 Å². The second kappa shape index (κ2) is 14.3. The zero-order valence-corrected chi connectivity index (χ0v) is 20.9. The van der Waals surface area contributed by atoms with Crippen LogP contribution in [0.4, 0.5) is 4.79 Å². The molecule has 0 radical (unpaired) electrons. The van der Waals surface area contributed by atoms with Gasteiger partial charge in [-0.2, -0.15) is 5.10 Å². The van der Waals surface area contributed by atoms with E-state index in [0.717, 1.165) is 17.5 Å². The molecule has 2 aromatic rings. The molecule has 0 aromatic heterocycles. The molecule has 0 heterocycles. The summed E-state index contributed by atoms with van der Waals surface area (Å²) in [7, 11) is 0. The van der Waals surface area contributed by atoms with E-state index in [0.29, 0.717) is 12.2 Å². The molecule has 2 rings (SSSR count). The quantitative estimate of drug-likeness (QED) is 0.134. The lowest BCUT2D eigenvalue weighted by molar-refractivity contribution is -0.157. The molecule has 1 atom stereocenters. The van der Waals surface area contributed by atoms with Crippen LogP contribution in [0.5, 0.6) is 5.75 Å². The number of amides is 2. The molecular formula is C26H34N4O6. The molecule has 36 heavy (non-hydrogen) atoms. The van der Waals surface area contributed by atoms with Crippen molar-refractivity contribution in [3.8, 4) is 5.75 Å². The molecule has 0 aliphatic rings. The van der Waals surface area contributed by atoms with E-state index in [2.05, 4.69) is 15.7 Å². The second-order valence-corrected chi connectivity index (χ2v) is 8.92. The van der Waals surface area contributed by atoms with Crippen LogP contribution in [-0.4, -0.2) is 42.6 Å².